The van der Waals surface area contributed by atoms with Crippen LogP contribution in [0.3, 0.4) is 0 Å². The van der Waals surface area contributed by atoms with Gasteiger partial charge in [0.25, 0.3) is 0 Å². The molecule has 0 amide bonds. The minimum Gasteiger partial charge on any atom is -0.416 e. The van der Waals surface area contributed by atoms with Crippen LogP contribution in [-0.2, 0) is 0 Å². The Balaban J connectivity index is 0.000000807. The van der Waals surface area contributed by atoms with Crippen molar-refractivity contribution in [1.29, 1.82) is 0 Å². The molecule has 0 atom stereocenters. The van der Waals surface area contributed by atoms with Gasteiger partial charge in [-0.15, -0.1) is 10.2 Å². The van der Waals surface area contributed by atoms with Crippen molar-refractivity contribution in [3.63, 3.8) is 0 Å². The molecule has 0 aliphatic heterocycles. The highest BCUT2D eigenvalue weighted by Crippen LogP contribution is 2.27. The lowest BCUT2D eigenvalue weighted by Gasteiger charge is -2.04. The van der Waals surface area contributed by atoms with Crippen LogP contribution in [0.4, 0.5) is 0 Å². The molecule has 1 aromatic heterocycles. The molecule has 4 aromatic rings. The molecule has 162 valence electrons. The highest BCUT2D eigenvalue weighted by molar-refractivity contribution is 5.68. The summed E-state index contributed by atoms with van der Waals surface area (Å²) < 4.78 is 5.90. The standard InChI is InChI=1S/C24H22N2O.2C2H6/c1-16(2)18-7-11-20(12-8-18)23-25-26-24(27-23)21-13-9-19(10-14-21)22-6-4-5-17(3)15-22;2*1-2/h4-16H,1-3H3;2*1-2H3. The van der Waals surface area contributed by atoms with Crippen molar-refractivity contribution in [2.24, 2.45) is 0 Å². The minimum absolute atomic E-state index is 0.504. The molecule has 0 N–H and O–H groups in total. The van der Waals surface area contributed by atoms with E-state index in [0.717, 1.165) is 11.1 Å². The molecular weight excluding hydrogens is 380 g/mol. The Morgan fingerprint density at radius 3 is 1.58 bits per heavy atom. The second kappa shape index (κ2) is 11.8. The molecule has 3 aromatic carbocycles. The monoisotopic (exact) mass is 414 g/mol. The van der Waals surface area contributed by atoms with E-state index in [1.54, 1.807) is 0 Å². The summed E-state index contributed by atoms with van der Waals surface area (Å²) in [7, 11) is 0. The Morgan fingerprint density at radius 2 is 1.10 bits per heavy atom. The maximum Gasteiger partial charge on any atom is 0.248 e. The lowest BCUT2D eigenvalue weighted by molar-refractivity contribution is 0.584. The van der Waals surface area contributed by atoms with E-state index < -0.39 is 0 Å². The molecular formula is C28H34N2O. The Bertz CT molecular complexity index is 1050. The van der Waals surface area contributed by atoms with Gasteiger partial charge < -0.3 is 4.42 Å². The van der Waals surface area contributed by atoms with Crippen LogP contribution in [0.5, 0.6) is 0 Å². The Hall–Kier alpha value is -3.20. The van der Waals surface area contributed by atoms with Crippen molar-refractivity contribution in [1.82, 2.24) is 10.2 Å². The lowest BCUT2D eigenvalue weighted by atomic mass is 10.0. The van der Waals surface area contributed by atoms with Crippen LogP contribution in [0.25, 0.3) is 34.0 Å². The molecule has 0 radical (unpaired) electrons. The smallest absolute Gasteiger partial charge is 0.248 e. The Kier molecular flexibility index (Phi) is 9.20. The first-order valence-electron chi connectivity index (χ1n) is 11.2. The first-order valence-corrected chi connectivity index (χ1v) is 11.2. The highest BCUT2D eigenvalue weighted by atomic mass is 16.4. The zero-order chi connectivity index (χ0) is 22.8. The quantitative estimate of drug-likeness (QED) is 0.336. The van der Waals surface area contributed by atoms with Crippen LogP contribution < -0.4 is 0 Å². The lowest BCUT2D eigenvalue weighted by Crippen LogP contribution is -1.86. The van der Waals surface area contributed by atoms with Crippen molar-refractivity contribution >= 4 is 0 Å². The van der Waals surface area contributed by atoms with Crippen LogP contribution in [0.1, 0.15) is 58.6 Å². The fraction of sp³-hybridized carbons (Fsp3) is 0.286. The fourth-order valence-corrected chi connectivity index (χ4v) is 3.10. The predicted octanol–water partition coefficient (Wildman–Crippen LogP) is 8.55. The van der Waals surface area contributed by atoms with E-state index in [0.29, 0.717) is 17.7 Å². The molecule has 0 saturated heterocycles. The topological polar surface area (TPSA) is 38.9 Å². The summed E-state index contributed by atoms with van der Waals surface area (Å²) in [6.07, 6.45) is 0. The van der Waals surface area contributed by atoms with E-state index in [1.165, 1.54) is 22.3 Å². The zero-order valence-electron chi connectivity index (χ0n) is 19.8. The first kappa shape index (κ1) is 24.1. The number of hydrogen-bond donors (Lipinski definition) is 0. The van der Waals surface area contributed by atoms with Crippen molar-refractivity contribution in [3.8, 4) is 34.0 Å². The maximum atomic E-state index is 5.90. The van der Waals surface area contributed by atoms with Crippen molar-refractivity contribution in [2.45, 2.75) is 54.4 Å². The van der Waals surface area contributed by atoms with Gasteiger partial charge in [0.1, 0.15) is 0 Å². The zero-order valence-corrected chi connectivity index (χ0v) is 19.8. The Morgan fingerprint density at radius 1 is 0.613 bits per heavy atom. The third-order valence-electron chi connectivity index (χ3n) is 4.73. The van der Waals surface area contributed by atoms with Gasteiger partial charge in [0.15, 0.2) is 0 Å². The molecule has 0 unspecified atom stereocenters. The van der Waals surface area contributed by atoms with Gasteiger partial charge >= 0.3 is 0 Å². The number of rotatable bonds is 4. The summed E-state index contributed by atoms with van der Waals surface area (Å²) in [5.74, 6) is 1.58. The molecule has 0 aliphatic rings. The van der Waals surface area contributed by atoms with Crippen LogP contribution in [0, 0.1) is 6.92 Å². The summed E-state index contributed by atoms with van der Waals surface area (Å²) >= 11 is 0. The third-order valence-corrected chi connectivity index (χ3v) is 4.73. The number of benzene rings is 3. The predicted molar refractivity (Wildman–Crippen MR) is 132 cm³/mol. The van der Waals surface area contributed by atoms with Crippen molar-refractivity contribution in [3.05, 3.63) is 83.9 Å². The maximum absolute atomic E-state index is 5.90. The molecule has 31 heavy (non-hydrogen) atoms. The average Bonchev–Trinajstić information content (AvgIpc) is 3.32. The molecule has 4 rings (SSSR count). The average molecular weight is 415 g/mol. The van der Waals surface area contributed by atoms with E-state index >= 15 is 0 Å². The summed E-state index contributed by atoms with van der Waals surface area (Å²) in [6, 6.07) is 25.0. The fourth-order valence-electron chi connectivity index (χ4n) is 3.10. The van der Waals surface area contributed by atoms with Crippen LogP contribution in [-0.4, -0.2) is 10.2 Å². The largest absolute Gasteiger partial charge is 0.416 e. The molecule has 3 nitrogen and oxygen atoms in total. The molecule has 0 aliphatic carbocycles. The number of aromatic nitrogens is 2. The summed E-state index contributed by atoms with van der Waals surface area (Å²) in [4.78, 5) is 0. The van der Waals surface area contributed by atoms with Crippen LogP contribution in [0.15, 0.2) is 77.2 Å². The van der Waals surface area contributed by atoms with E-state index in [9.17, 15) is 0 Å². The minimum atomic E-state index is 0.504. The second-order valence-electron chi connectivity index (χ2n) is 7.14. The van der Waals surface area contributed by atoms with E-state index in [1.807, 2.05) is 52.0 Å². The summed E-state index contributed by atoms with van der Waals surface area (Å²) in [6.45, 7) is 14.5. The van der Waals surface area contributed by atoms with Gasteiger partial charge in [0.2, 0.25) is 11.8 Å². The van der Waals surface area contributed by atoms with Gasteiger partial charge in [-0.1, -0.05) is 95.6 Å². The van der Waals surface area contributed by atoms with Gasteiger partial charge in [-0.2, -0.15) is 0 Å². The van der Waals surface area contributed by atoms with Crippen LogP contribution in [0.2, 0.25) is 0 Å². The molecule has 0 spiro atoms. The van der Waals surface area contributed by atoms with Crippen molar-refractivity contribution in [2.75, 3.05) is 0 Å². The molecule has 0 bridgehead atoms. The van der Waals surface area contributed by atoms with Crippen LogP contribution >= 0.6 is 0 Å². The molecule has 0 saturated carbocycles. The summed E-state index contributed by atoms with van der Waals surface area (Å²) in [5.41, 5.74) is 6.79. The highest BCUT2D eigenvalue weighted by Gasteiger charge is 2.11. The Labute approximate surface area is 187 Å². The number of aryl methyl sites for hydroxylation is 1. The van der Waals surface area contributed by atoms with E-state index in [2.05, 4.69) is 79.5 Å². The normalized spacial score (nSPS) is 10.1. The third kappa shape index (κ3) is 6.14. The van der Waals surface area contributed by atoms with Gasteiger partial charge in [0.05, 0.1) is 0 Å². The second-order valence-corrected chi connectivity index (χ2v) is 7.14. The van der Waals surface area contributed by atoms with Crippen molar-refractivity contribution < 1.29 is 4.42 Å². The molecule has 3 heteroatoms. The van der Waals surface area contributed by atoms with Gasteiger partial charge in [0, 0.05) is 11.1 Å². The number of nitrogens with zero attached hydrogens (tertiary/aromatic N) is 2. The first-order chi connectivity index (χ1) is 15.1. The van der Waals surface area contributed by atoms with Gasteiger partial charge in [-0.05, 0) is 53.8 Å². The SMILES string of the molecule is CC.CC.Cc1cccc(-c2ccc(-c3nnc(-c4ccc(C(C)C)cc4)o3)cc2)c1. The van der Waals surface area contributed by atoms with E-state index in [4.69, 9.17) is 4.42 Å². The van der Waals surface area contributed by atoms with Gasteiger partial charge in [-0.25, -0.2) is 0 Å². The summed E-state index contributed by atoms with van der Waals surface area (Å²) in [5, 5.41) is 8.43. The van der Waals surface area contributed by atoms with Gasteiger partial charge in [-0.3, -0.25) is 0 Å². The number of hydrogen-bond acceptors (Lipinski definition) is 3. The van der Waals surface area contributed by atoms with E-state index in [-0.39, 0.29) is 0 Å². The molecule has 0 fully saturated rings. The molecule has 1 heterocycles.